The van der Waals surface area contributed by atoms with Crippen LogP contribution in [0.25, 0.3) is 0 Å². The smallest absolute Gasteiger partial charge is 0.270 e. The summed E-state index contributed by atoms with van der Waals surface area (Å²) in [4.78, 5) is 25.7. The van der Waals surface area contributed by atoms with Crippen LogP contribution in [0, 0.1) is 10.1 Å². The first-order chi connectivity index (χ1) is 16.7. The zero-order chi connectivity index (χ0) is 25.2. The van der Waals surface area contributed by atoms with Gasteiger partial charge in [-0.05, 0) is 36.4 Å². The van der Waals surface area contributed by atoms with Gasteiger partial charge in [-0.1, -0.05) is 53.2 Å². The first-order valence-corrected chi connectivity index (χ1v) is 13.4. The average molecular weight is 552 g/mol. The molecule has 4 rings (SSSR count). The van der Waals surface area contributed by atoms with Gasteiger partial charge in [0.15, 0.2) is 0 Å². The Hall–Kier alpha value is -2.63. The maximum atomic E-state index is 13.6. The Balaban J connectivity index is 1.61. The molecule has 1 amide bonds. The van der Waals surface area contributed by atoms with Crippen LogP contribution < -0.4 is 0 Å². The molecule has 1 heterocycles. The first-order valence-electron chi connectivity index (χ1n) is 10.4. The zero-order valence-corrected chi connectivity index (χ0v) is 21.3. The van der Waals surface area contributed by atoms with Gasteiger partial charge in [-0.3, -0.25) is 14.9 Å². The molecule has 0 N–H and O–H groups in total. The number of nitro groups is 1. The van der Waals surface area contributed by atoms with E-state index in [-0.39, 0.29) is 47.6 Å². The number of sulfonamides is 1. The number of carbonyl (C=O) groups is 1. The van der Waals surface area contributed by atoms with Gasteiger partial charge in [-0.2, -0.15) is 4.31 Å². The van der Waals surface area contributed by atoms with E-state index in [0.29, 0.717) is 20.5 Å². The third kappa shape index (κ3) is 5.62. The monoisotopic (exact) mass is 551 g/mol. The molecule has 3 aromatic carbocycles. The fourth-order valence-electron chi connectivity index (χ4n) is 3.60. The number of benzene rings is 3. The number of nitrogens with zero attached hydrogens (tertiary/aromatic N) is 3. The molecule has 0 spiro atoms. The zero-order valence-electron chi connectivity index (χ0n) is 18.1. The molecule has 0 aromatic heterocycles. The van der Waals surface area contributed by atoms with E-state index in [2.05, 4.69) is 0 Å². The number of non-ortho nitro benzene ring substituents is 1. The van der Waals surface area contributed by atoms with Gasteiger partial charge < -0.3 is 4.90 Å². The number of piperazine rings is 1. The van der Waals surface area contributed by atoms with Crippen LogP contribution in [-0.4, -0.2) is 54.6 Å². The van der Waals surface area contributed by atoms with Crippen molar-refractivity contribution in [2.45, 2.75) is 14.7 Å². The number of hydrogen-bond acceptors (Lipinski definition) is 6. The molecule has 0 unspecified atom stereocenters. The maximum Gasteiger partial charge on any atom is 0.270 e. The fourth-order valence-corrected chi connectivity index (χ4v) is 6.91. The molecule has 1 saturated heterocycles. The first kappa shape index (κ1) is 25.5. The van der Waals surface area contributed by atoms with Crippen molar-refractivity contribution in [3.8, 4) is 0 Å². The summed E-state index contributed by atoms with van der Waals surface area (Å²) in [6.07, 6.45) is 0. The minimum atomic E-state index is -4.11. The van der Waals surface area contributed by atoms with Crippen LogP contribution in [0.1, 0.15) is 10.4 Å². The molecule has 0 radical (unpaired) electrons. The van der Waals surface area contributed by atoms with Gasteiger partial charge in [-0.15, -0.1) is 0 Å². The summed E-state index contributed by atoms with van der Waals surface area (Å²) in [5.74, 6) is -0.176. The van der Waals surface area contributed by atoms with E-state index in [1.54, 1.807) is 47.4 Å². The molecule has 35 heavy (non-hydrogen) atoms. The van der Waals surface area contributed by atoms with Crippen molar-refractivity contribution in [2.75, 3.05) is 26.2 Å². The second-order valence-electron chi connectivity index (χ2n) is 7.63. The molecule has 0 atom stereocenters. The molecule has 8 nitrogen and oxygen atoms in total. The Morgan fingerprint density at radius 3 is 2.26 bits per heavy atom. The lowest BCUT2D eigenvalue weighted by Gasteiger charge is -2.34. The summed E-state index contributed by atoms with van der Waals surface area (Å²) in [6.45, 7) is 0.520. The van der Waals surface area contributed by atoms with Crippen molar-refractivity contribution in [3.63, 3.8) is 0 Å². The Morgan fingerprint density at radius 1 is 0.914 bits per heavy atom. The van der Waals surface area contributed by atoms with Gasteiger partial charge in [0.2, 0.25) is 10.0 Å². The minimum Gasteiger partial charge on any atom is -0.336 e. The Kier molecular flexibility index (Phi) is 7.67. The van der Waals surface area contributed by atoms with E-state index in [1.807, 2.05) is 6.07 Å². The summed E-state index contributed by atoms with van der Waals surface area (Å²) in [5, 5.41) is 12.2. The number of hydrogen-bond donors (Lipinski definition) is 0. The number of carbonyl (C=O) groups excluding carboxylic acids is 1. The predicted octanol–water partition coefficient (Wildman–Crippen LogP) is 5.20. The molecule has 1 aliphatic heterocycles. The summed E-state index contributed by atoms with van der Waals surface area (Å²) < 4.78 is 28.4. The number of amides is 1. The second kappa shape index (κ2) is 10.5. The lowest BCUT2D eigenvalue weighted by molar-refractivity contribution is -0.385. The quantitative estimate of drug-likeness (QED) is 0.308. The van der Waals surface area contributed by atoms with Crippen LogP contribution in [0.15, 0.2) is 81.4 Å². The lowest BCUT2D eigenvalue weighted by atomic mass is 10.2. The van der Waals surface area contributed by atoms with Crippen LogP contribution in [0.5, 0.6) is 0 Å². The molecular weight excluding hydrogens is 533 g/mol. The summed E-state index contributed by atoms with van der Waals surface area (Å²) >= 11 is 13.4. The van der Waals surface area contributed by atoms with E-state index in [0.717, 1.165) is 17.8 Å². The van der Waals surface area contributed by atoms with Gasteiger partial charge in [0, 0.05) is 58.7 Å². The van der Waals surface area contributed by atoms with E-state index >= 15 is 0 Å². The molecule has 12 heteroatoms. The van der Waals surface area contributed by atoms with Gasteiger partial charge in [0.1, 0.15) is 4.90 Å². The predicted molar refractivity (Wildman–Crippen MR) is 135 cm³/mol. The van der Waals surface area contributed by atoms with E-state index in [9.17, 15) is 23.3 Å². The topological polar surface area (TPSA) is 101 Å². The van der Waals surface area contributed by atoms with Crippen LogP contribution in [0.3, 0.4) is 0 Å². The molecule has 0 bridgehead atoms. The number of rotatable bonds is 6. The molecule has 1 fully saturated rings. The fraction of sp³-hybridized carbons (Fsp3) is 0.174. The van der Waals surface area contributed by atoms with Crippen LogP contribution in [-0.2, 0) is 10.0 Å². The minimum absolute atomic E-state index is 0.0611. The van der Waals surface area contributed by atoms with Gasteiger partial charge in [0.25, 0.3) is 11.6 Å². The molecule has 0 saturated carbocycles. The Labute approximate surface area is 216 Å². The maximum absolute atomic E-state index is 13.6. The SMILES string of the molecule is O=C(c1ccccc1)N1CCN(S(=O)(=O)c2cc([N+](=O)[O-])ccc2Sc2cc(Cl)ccc2Cl)CC1. The highest BCUT2D eigenvalue weighted by Gasteiger charge is 2.33. The molecule has 1 aliphatic rings. The third-order valence-corrected chi connectivity index (χ3v) is 9.29. The molecule has 3 aromatic rings. The van der Waals surface area contributed by atoms with E-state index in [4.69, 9.17) is 23.2 Å². The van der Waals surface area contributed by atoms with Crippen molar-refractivity contribution in [2.24, 2.45) is 0 Å². The van der Waals surface area contributed by atoms with Crippen molar-refractivity contribution < 1.29 is 18.1 Å². The lowest BCUT2D eigenvalue weighted by Crippen LogP contribution is -2.50. The standard InChI is InChI=1S/C23H19Cl2N3O5S2/c24-17-6-8-19(25)21(14-17)34-20-9-7-18(28(30)31)15-22(20)35(32,33)27-12-10-26(11-13-27)23(29)16-4-2-1-3-5-16/h1-9,14-15H,10-13H2. The van der Waals surface area contributed by atoms with Gasteiger partial charge in [0.05, 0.1) is 9.95 Å². The van der Waals surface area contributed by atoms with Gasteiger partial charge >= 0.3 is 0 Å². The highest BCUT2D eigenvalue weighted by atomic mass is 35.5. The van der Waals surface area contributed by atoms with Crippen LogP contribution in [0.4, 0.5) is 5.69 Å². The summed E-state index contributed by atoms with van der Waals surface area (Å²) in [7, 11) is -4.11. The second-order valence-corrected chi connectivity index (χ2v) is 11.5. The molecular formula is C23H19Cl2N3O5S2. The largest absolute Gasteiger partial charge is 0.336 e. The van der Waals surface area contributed by atoms with E-state index < -0.39 is 14.9 Å². The van der Waals surface area contributed by atoms with Crippen molar-refractivity contribution in [1.82, 2.24) is 9.21 Å². The highest BCUT2D eigenvalue weighted by Crippen LogP contribution is 2.40. The molecule has 0 aliphatic carbocycles. The van der Waals surface area contributed by atoms with E-state index in [1.165, 1.54) is 16.4 Å². The highest BCUT2D eigenvalue weighted by molar-refractivity contribution is 8.00. The third-order valence-electron chi connectivity index (χ3n) is 5.42. The van der Waals surface area contributed by atoms with Crippen molar-refractivity contribution in [1.29, 1.82) is 0 Å². The average Bonchev–Trinajstić information content (AvgIpc) is 2.86. The van der Waals surface area contributed by atoms with Crippen LogP contribution >= 0.6 is 35.0 Å². The number of halogens is 2. The van der Waals surface area contributed by atoms with Crippen LogP contribution in [0.2, 0.25) is 10.0 Å². The summed E-state index contributed by atoms with van der Waals surface area (Å²) in [6, 6.07) is 17.2. The van der Waals surface area contributed by atoms with Gasteiger partial charge in [-0.25, -0.2) is 8.42 Å². The van der Waals surface area contributed by atoms with Crippen molar-refractivity contribution >= 4 is 56.6 Å². The Bertz CT molecular complexity index is 1380. The molecule has 182 valence electrons. The number of nitro benzene ring substituents is 1. The Morgan fingerprint density at radius 2 is 1.60 bits per heavy atom. The normalized spacial score (nSPS) is 14.6. The summed E-state index contributed by atoms with van der Waals surface area (Å²) in [5.41, 5.74) is 0.183. The van der Waals surface area contributed by atoms with Crippen molar-refractivity contribution in [3.05, 3.63) is 92.5 Å².